The van der Waals surface area contributed by atoms with E-state index in [0.29, 0.717) is 40.8 Å². The molecule has 2 N–H and O–H groups in total. The second-order valence-corrected chi connectivity index (χ2v) is 9.22. The largest absolute Gasteiger partial charge is 0.493 e. The Morgan fingerprint density at radius 3 is 2.74 bits per heavy atom. The molecule has 3 heterocycles. The first-order valence-electron chi connectivity index (χ1n) is 12.4. The number of aryl methyl sites for hydroxylation is 1. The zero-order valence-corrected chi connectivity index (χ0v) is 20.8. The molecule has 0 aliphatic carbocycles. The molecule has 196 valence electrons. The minimum Gasteiger partial charge on any atom is -0.493 e. The van der Waals surface area contributed by atoms with Gasteiger partial charge in [0.25, 0.3) is 5.91 Å². The summed E-state index contributed by atoms with van der Waals surface area (Å²) in [5.41, 5.74) is 2.07. The Morgan fingerprint density at radius 2 is 1.92 bits per heavy atom. The first-order valence-corrected chi connectivity index (χ1v) is 12.4. The molecule has 10 heteroatoms. The van der Waals surface area contributed by atoms with Crippen molar-refractivity contribution in [2.45, 2.75) is 26.2 Å². The van der Waals surface area contributed by atoms with E-state index in [4.69, 9.17) is 9.47 Å². The Labute approximate surface area is 218 Å². The number of amides is 1. The monoisotopic (exact) mass is 519 g/mol. The van der Waals surface area contributed by atoms with Crippen molar-refractivity contribution in [1.82, 2.24) is 20.2 Å². The molecule has 8 nitrogen and oxygen atoms in total. The van der Waals surface area contributed by atoms with Crippen molar-refractivity contribution in [3.8, 4) is 16.9 Å². The van der Waals surface area contributed by atoms with Crippen LogP contribution in [0, 0.1) is 24.5 Å². The maximum Gasteiger partial charge on any atom is 0.296 e. The summed E-state index contributed by atoms with van der Waals surface area (Å²) in [6.07, 6.45) is 3.60. The Morgan fingerprint density at radius 1 is 1.11 bits per heavy atom. The first kappa shape index (κ1) is 25.5. The Kier molecular flexibility index (Phi) is 7.69. The molecule has 1 aliphatic rings. The minimum atomic E-state index is -0.600. The van der Waals surface area contributed by atoms with E-state index >= 15 is 0 Å². The highest BCUT2D eigenvalue weighted by Crippen LogP contribution is 2.31. The van der Waals surface area contributed by atoms with E-state index in [-0.39, 0.29) is 23.9 Å². The molecule has 1 aliphatic heterocycles. The number of aromatic nitrogens is 4. The highest BCUT2D eigenvalue weighted by atomic mass is 19.1. The highest BCUT2D eigenvalue weighted by molar-refractivity contribution is 6.01. The van der Waals surface area contributed by atoms with Crippen molar-refractivity contribution in [2.75, 3.05) is 25.1 Å². The average Bonchev–Trinajstić information content (AvgIpc) is 3.40. The number of benzene rings is 2. The molecule has 5 rings (SSSR count). The summed E-state index contributed by atoms with van der Waals surface area (Å²) in [4.78, 5) is 21.2. The number of anilines is 1. The zero-order valence-electron chi connectivity index (χ0n) is 20.8. The van der Waals surface area contributed by atoms with Crippen molar-refractivity contribution >= 4 is 11.7 Å². The van der Waals surface area contributed by atoms with Crippen LogP contribution in [0.1, 0.15) is 40.4 Å². The van der Waals surface area contributed by atoms with Crippen molar-refractivity contribution in [2.24, 2.45) is 5.92 Å². The van der Waals surface area contributed by atoms with Gasteiger partial charge in [0.05, 0.1) is 6.61 Å². The van der Waals surface area contributed by atoms with Crippen LogP contribution in [0.4, 0.5) is 14.6 Å². The number of rotatable bonds is 8. The third kappa shape index (κ3) is 6.03. The van der Waals surface area contributed by atoms with Gasteiger partial charge in [-0.05, 0) is 72.7 Å². The minimum absolute atomic E-state index is 0.116. The van der Waals surface area contributed by atoms with E-state index < -0.39 is 11.7 Å². The Hall–Kier alpha value is -4.18. The number of ether oxygens (including phenoxy) is 2. The van der Waals surface area contributed by atoms with E-state index in [9.17, 15) is 13.6 Å². The molecule has 1 saturated heterocycles. The highest BCUT2D eigenvalue weighted by Gasteiger charge is 2.18. The van der Waals surface area contributed by atoms with Gasteiger partial charge >= 0.3 is 0 Å². The molecule has 0 radical (unpaired) electrons. The average molecular weight is 520 g/mol. The Bertz CT molecular complexity index is 1440. The number of aromatic amines is 1. The fourth-order valence-corrected chi connectivity index (χ4v) is 4.28. The lowest BCUT2D eigenvalue weighted by Crippen LogP contribution is -2.21. The number of halogens is 2. The fraction of sp³-hybridized carbons (Fsp3) is 0.286. The van der Waals surface area contributed by atoms with E-state index in [1.165, 1.54) is 12.1 Å². The number of pyridine rings is 1. The van der Waals surface area contributed by atoms with Gasteiger partial charge in [-0.3, -0.25) is 9.89 Å². The van der Waals surface area contributed by atoms with Gasteiger partial charge in [0.15, 0.2) is 0 Å². The number of hydrogen-bond acceptors (Lipinski definition) is 6. The number of nitrogens with one attached hydrogen (secondary N) is 2. The predicted octanol–water partition coefficient (Wildman–Crippen LogP) is 5.10. The maximum atomic E-state index is 14.9. The zero-order chi connectivity index (χ0) is 26.5. The van der Waals surface area contributed by atoms with Gasteiger partial charge in [0, 0.05) is 31.4 Å². The predicted molar refractivity (Wildman–Crippen MR) is 137 cm³/mol. The Balaban J connectivity index is 1.29. The summed E-state index contributed by atoms with van der Waals surface area (Å²) in [5, 5.41) is 9.25. The molecule has 38 heavy (non-hydrogen) atoms. The molecule has 0 atom stereocenters. The van der Waals surface area contributed by atoms with Crippen molar-refractivity contribution in [3.63, 3.8) is 0 Å². The summed E-state index contributed by atoms with van der Waals surface area (Å²) in [5.74, 6) is 0.0365. The van der Waals surface area contributed by atoms with Gasteiger partial charge in [-0.25, -0.2) is 18.7 Å². The first-order chi connectivity index (χ1) is 18.5. The van der Waals surface area contributed by atoms with Gasteiger partial charge in [0.2, 0.25) is 5.82 Å². The summed E-state index contributed by atoms with van der Waals surface area (Å²) >= 11 is 0. The molecule has 4 aromatic rings. The molecule has 0 bridgehead atoms. The van der Waals surface area contributed by atoms with E-state index in [1.54, 1.807) is 42.6 Å². The lowest BCUT2D eigenvalue weighted by Gasteiger charge is -2.22. The van der Waals surface area contributed by atoms with Gasteiger partial charge in [-0.1, -0.05) is 18.2 Å². The van der Waals surface area contributed by atoms with Crippen LogP contribution in [-0.4, -0.2) is 45.9 Å². The number of H-pyrrole nitrogens is 1. The molecular weight excluding hydrogens is 492 g/mol. The molecule has 0 spiro atoms. The number of carbonyl (C=O) groups excluding carboxylic acids is 1. The molecule has 1 fully saturated rings. The maximum absolute atomic E-state index is 14.9. The fourth-order valence-electron chi connectivity index (χ4n) is 4.28. The van der Waals surface area contributed by atoms with Crippen LogP contribution in [0.25, 0.3) is 11.1 Å². The van der Waals surface area contributed by atoms with Crippen LogP contribution in [0.3, 0.4) is 0 Å². The summed E-state index contributed by atoms with van der Waals surface area (Å²) in [6, 6.07) is 12.6. The number of hydrogen-bond donors (Lipinski definition) is 2. The second-order valence-electron chi connectivity index (χ2n) is 9.22. The quantitative estimate of drug-likeness (QED) is 0.336. The van der Waals surface area contributed by atoms with Crippen LogP contribution in [0.15, 0.2) is 54.7 Å². The molecule has 1 amide bonds. The van der Waals surface area contributed by atoms with Crippen LogP contribution < -0.4 is 10.1 Å². The lowest BCUT2D eigenvalue weighted by molar-refractivity contribution is 0.0497. The van der Waals surface area contributed by atoms with Gasteiger partial charge in [-0.15, -0.1) is 5.10 Å². The molecular formula is C28H27F2N5O3. The van der Waals surface area contributed by atoms with E-state index in [1.807, 2.05) is 6.92 Å². The van der Waals surface area contributed by atoms with Crippen LogP contribution in [0.5, 0.6) is 5.75 Å². The second kappa shape index (κ2) is 11.5. The SMILES string of the molecule is Cc1cnc(NC(=O)c2n[nH]c(Cc3ccccc3F)n2)cc1-c1cc(OCC2CCOCC2)ccc1F. The third-order valence-corrected chi connectivity index (χ3v) is 6.45. The van der Waals surface area contributed by atoms with Gasteiger partial charge in [-0.2, -0.15) is 0 Å². The summed E-state index contributed by atoms with van der Waals surface area (Å²) in [6.45, 7) is 3.82. The lowest BCUT2D eigenvalue weighted by atomic mass is 10.0. The summed E-state index contributed by atoms with van der Waals surface area (Å²) < 4.78 is 40.1. The third-order valence-electron chi connectivity index (χ3n) is 6.45. The summed E-state index contributed by atoms with van der Waals surface area (Å²) in [7, 11) is 0. The molecule has 2 aromatic carbocycles. The van der Waals surface area contributed by atoms with Crippen LogP contribution in [-0.2, 0) is 11.2 Å². The number of nitrogens with zero attached hydrogens (tertiary/aromatic N) is 3. The van der Waals surface area contributed by atoms with E-state index in [2.05, 4.69) is 25.5 Å². The standard InChI is InChI=1S/C28H27F2N5O3/c1-17-15-31-25(33-28(36)27-32-26(34-35-27)12-19-4-2-3-5-23(19)29)14-21(17)22-13-20(6-7-24(22)30)38-16-18-8-10-37-11-9-18/h2-7,13-15,18H,8-12,16H2,1H3,(H,31,33,36)(H,32,34,35). The smallest absolute Gasteiger partial charge is 0.296 e. The normalized spacial score (nSPS) is 13.9. The topological polar surface area (TPSA) is 102 Å². The van der Waals surface area contributed by atoms with E-state index in [0.717, 1.165) is 31.6 Å². The number of carbonyl (C=O) groups is 1. The van der Waals surface area contributed by atoms with Crippen molar-refractivity contribution in [1.29, 1.82) is 0 Å². The van der Waals surface area contributed by atoms with Crippen LogP contribution >= 0.6 is 0 Å². The van der Waals surface area contributed by atoms with Gasteiger partial charge in [0.1, 0.15) is 29.0 Å². The molecule has 0 unspecified atom stereocenters. The van der Waals surface area contributed by atoms with Crippen molar-refractivity contribution in [3.05, 3.63) is 89.1 Å². The van der Waals surface area contributed by atoms with Gasteiger partial charge < -0.3 is 14.8 Å². The van der Waals surface area contributed by atoms with Crippen LogP contribution in [0.2, 0.25) is 0 Å². The van der Waals surface area contributed by atoms with Crippen molar-refractivity contribution < 1.29 is 23.0 Å². The molecule has 2 aromatic heterocycles. The molecule has 0 saturated carbocycles.